The van der Waals surface area contributed by atoms with Crippen molar-refractivity contribution in [3.8, 4) is 0 Å². The number of hydrogen-bond acceptors (Lipinski definition) is 1. The number of hydrogen-bond donors (Lipinski definition) is 1. The maximum absolute atomic E-state index is 3.85. The molecule has 2 heteroatoms. The van der Waals surface area contributed by atoms with Crippen molar-refractivity contribution in [3.63, 3.8) is 0 Å². The molecule has 1 N–H and O–H groups in total. The van der Waals surface area contributed by atoms with Gasteiger partial charge in [-0.05, 0) is 26.1 Å². The number of nitrogens with one attached hydrogen (secondary N) is 1. The predicted molar refractivity (Wildman–Crippen MR) is 49.4 cm³/mol. The van der Waals surface area contributed by atoms with Gasteiger partial charge in [0.15, 0.2) is 0 Å². The van der Waals surface area contributed by atoms with Crippen LogP contribution in [0.4, 0.5) is 5.82 Å². The lowest BCUT2D eigenvalue weighted by molar-refractivity contribution is 1.34. The van der Waals surface area contributed by atoms with E-state index in [1.54, 1.807) is 0 Å². The molecule has 0 saturated heterocycles. The van der Waals surface area contributed by atoms with E-state index < -0.39 is 0 Å². The summed E-state index contributed by atoms with van der Waals surface area (Å²) in [5.74, 6) is 0.848. The van der Waals surface area contributed by atoms with Crippen LogP contribution >= 0.6 is 0 Å². The first-order valence-corrected chi connectivity index (χ1v) is 3.57. The topological polar surface area (TPSA) is 28.1 Å². The lowest BCUT2D eigenvalue weighted by atomic mass is 10.2. The van der Waals surface area contributed by atoms with Crippen molar-refractivity contribution in [3.05, 3.63) is 23.4 Å². The molecule has 1 rings (SSSR count). The molecule has 0 aromatic carbocycles. The van der Waals surface area contributed by atoms with Crippen LogP contribution in [0.3, 0.4) is 0 Å². The molecular formula is C9H12N2. The number of H-pyrrole nitrogens is 1. The molecule has 0 bridgehead atoms. The average molecular weight is 148 g/mol. The Morgan fingerprint density at radius 2 is 2.36 bits per heavy atom. The number of aromatic nitrogens is 1. The maximum atomic E-state index is 3.85. The highest BCUT2D eigenvalue weighted by atomic mass is 14.9. The van der Waals surface area contributed by atoms with Gasteiger partial charge in [-0.3, -0.25) is 0 Å². The molecule has 11 heavy (non-hydrogen) atoms. The molecule has 0 aliphatic heterocycles. The highest BCUT2D eigenvalue weighted by Gasteiger charge is 2.01. The van der Waals surface area contributed by atoms with Gasteiger partial charge in [0.1, 0.15) is 5.82 Å². The van der Waals surface area contributed by atoms with Gasteiger partial charge in [-0.1, -0.05) is 12.2 Å². The minimum absolute atomic E-state index is 0.848. The Kier molecular flexibility index (Phi) is 2.26. The van der Waals surface area contributed by atoms with Crippen LogP contribution in [-0.4, -0.2) is 11.7 Å². The van der Waals surface area contributed by atoms with Crippen LogP contribution in [0.1, 0.15) is 18.1 Å². The molecular weight excluding hydrogens is 136 g/mol. The second kappa shape index (κ2) is 3.19. The first-order chi connectivity index (χ1) is 5.29. The molecule has 1 aromatic heterocycles. The van der Waals surface area contributed by atoms with Crippen molar-refractivity contribution in [2.75, 3.05) is 0 Å². The standard InChI is InChI=1S/C9H12N2/c1-4-5-8-7(2)6-11-9(8)10-3/h4-6,11H,3H2,1-2H3/b5-4-. The molecule has 0 amide bonds. The lowest BCUT2D eigenvalue weighted by Gasteiger charge is -1.91. The van der Waals surface area contributed by atoms with E-state index in [-0.39, 0.29) is 0 Å². The summed E-state index contributed by atoms with van der Waals surface area (Å²) in [6.45, 7) is 7.50. The van der Waals surface area contributed by atoms with E-state index in [9.17, 15) is 0 Å². The summed E-state index contributed by atoms with van der Waals surface area (Å²) >= 11 is 0. The Balaban J connectivity index is 3.17. The van der Waals surface area contributed by atoms with Crippen molar-refractivity contribution < 1.29 is 0 Å². The monoisotopic (exact) mass is 148 g/mol. The van der Waals surface area contributed by atoms with Crippen molar-refractivity contribution in [2.24, 2.45) is 4.99 Å². The molecule has 2 nitrogen and oxygen atoms in total. The Morgan fingerprint density at radius 3 is 2.91 bits per heavy atom. The number of aliphatic imine (C=N–C) groups is 1. The van der Waals surface area contributed by atoms with Gasteiger partial charge in [-0.2, -0.15) is 0 Å². The van der Waals surface area contributed by atoms with Gasteiger partial charge in [0.2, 0.25) is 0 Å². The SMILES string of the molecule is C=Nc1[nH]cc(C)c1/C=C\C. The molecule has 0 atom stereocenters. The second-order valence-electron chi connectivity index (χ2n) is 2.39. The number of nitrogens with zero attached hydrogens (tertiary/aromatic N) is 1. The van der Waals surface area contributed by atoms with E-state index in [1.165, 1.54) is 5.56 Å². The van der Waals surface area contributed by atoms with Crippen molar-refractivity contribution in [1.29, 1.82) is 0 Å². The number of aromatic amines is 1. The third-order valence-electron chi connectivity index (χ3n) is 1.60. The van der Waals surface area contributed by atoms with Crippen molar-refractivity contribution >= 4 is 18.6 Å². The molecule has 0 saturated carbocycles. The molecule has 1 heterocycles. The molecule has 0 spiro atoms. The fraction of sp³-hybridized carbons (Fsp3) is 0.222. The predicted octanol–water partition coefficient (Wildman–Crippen LogP) is 2.69. The first-order valence-electron chi connectivity index (χ1n) is 3.57. The summed E-state index contributed by atoms with van der Waals surface area (Å²) in [6.07, 6.45) is 5.94. The summed E-state index contributed by atoms with van der Waals surface area (Å²) in [4.78, 5) is 6.88. The molecule has 1 aromatic rings. The van der Waals surface area contributed by atoms with Crippen LogP contribution in [0.5, 0.6) is 0 Å². The number of aryl methyl sites for hydroxylation is 1. The highest BCUT2D eigenvalue weighted by molar-refractivity contribution is 5.66. The quantitative estimate of drug-likeness (QED) is 0.624. The summed E-state index contributed by atoms with van der Waals surface area (Å²) in [6, 6.07) is 0. The average Bonchev–Trinajstić information content (AvgIpc) is 2.34. The fourth-order valence-electron chi connectivity index (χ4n) is 1.03. The van der Waals surface area contributed by atoms with Crippen LogP contribution in [0.15, 0.2) is 17.3 Å². The van der Waals surface area contributed by atoms with Gasteiger partial charge >= 0.3 is 0 Å². The Hall–Kier alpha value is -1.31. The van der Waals surface area contributed by atoms with Crippen LogP contribution in [0.2, 0.25) is 0 Å². The fourth-order valence-corrected chi connectivity index (χ4v) is 1.03. The van der Waals surface area contributed by atoms with Crippen LogP contribution in [0, 0.1) is 6.92 Å². The molecule has 0 aliphatic carbocycles. The number of rotatable bonds is 2. The van der Waals surface area contributed by atoms with Gasteiger partial charge in [-0.15, -0.1) is 0 Å². The van der Waals surface area contributed by atoms with Crippen LogP contribution < -0.4 is 0 Å². The van der Waals surface area contributed by atoms with Gasteiger partial charge in [-0.25, -0.2) is 4.99 Å². The maximum Gasteiger partial charge on any atom is 0.136 e. The Labute approximate surface area is 66.7 Å². The zero-order valence-corrected chi connectivity index (χ0v) is 6.89. The van der Waals surface area contributed by atoms with Crippen molar-refractivity contribution in [2.45, 2.75) is 13.8 Å². The largest absolute Gasteiger partial charge is 0.346 e. The normalized spacial score (nSPS) is 10.7. The van der Waals surface area contributed by atoms with Crippen LogP contribution in [-0.2, 0) is 0 Å². The summed E-state index contributed by atoms with van der Waals surface area (Å²) in [7, 11) is 0. The first kappa shape index (κ1) is 7.79. The second-order valence-corrected chi connectivity index (χ2v) is 2.39. The minimum atomic E-state index is 0.848. The third-order valence-corrected chi connectivity index (χ3v) is 1.60. The molecule has 58 valence electrons. The Bertz CT molecular complexity index is 282. The zero-order chi connectivity index (χ0) is 8.27. The van der Waals surface area contributed by atoms with E-state index in [0.717, 1.165) is 11.4 Å². The van der Waals surface area contributed by atoms with E-state index in [1.807, 2.05) is 32.2 Å². The van der Waals surface area contributed by atoms with Gasteiger partial charge in [0, 0.05) is 11.8 Å². The summed E-state index contributed by atoms with van der Waals surface area (Å²) in [5, 5.41) is 0. The Morgan fingerprint density at radius 1 is 1.64 bits per heavy atom. The molecule has 0 fully saturated rings. The van der Waals surface area contributed by atoms with E-state index >= 15 is 0 Å². The molecule has 0 aliphatic rings. The summed E-state index contributed by atoms with van der Waals surface area (Å²) < 4.78 is 0. The van der Waals surface area contributed by atoms with Gasteiger partial charge in [0.25, 0.3) is 0 Å². The van der Waals surface area contributed by atoms with E-state index in [2.05, 4.69) is 16.7 Å². The van der Waals surface area contributed by atoms with Gasteiger partial charge in [0.05, 0.1) is 0 Å². The molecule has 0 radical (unpaired) electrons. The zero-order valence-electron chi connectivity index (χ0n) is 6.89. The summed E-state index contributed by atoms with van der Waals surface area (Å²) in [5.41, 5.74) is 2.33. The van der Waals surface area contributed by atoms with E-state index in [4.69, 9.17) is 0 Å². The van der Waals surface area contributed by atoms with Gasteiger partial charge < -0.3 is 4.98 Å². The number of allylic oxidation sites excluding steroid dienone is 1. The lowest BCUT2D eigenvalue weighted by Crippen LogP contribution is -1.70. The highest BCUT2D eigenvalue weighted by Crippen LogP contribution is 2.21. The van der Waals surface area contributed by atoms with Crippen molar-refractivity contribution in [1.82, 2.24) is 4.98 Å². The van der Waals surface area contributed by atoms with Crippen LogP contribution in [0.25, 0.3) is 6.08 Å². The molecule has 0 unspecified atom stereocenters. The third kappa shape index (κ3) is 1.40. The smallest absolute Gasteiger partial charge is 0.136 e. The van der Waals surface area contributed by atoms with E-state index in [0.29, 0.717) is 0 Å². The minimum Gasteiger partial charge on any atom is -0.346 e.